The fourth-order valence-electron chi connectivity index (χ4n) is 4.29. The minimum absolute atomic E-state index is 0.170. The molecule has 3 rings (SSSR count). The molecule has 0 aromatic carbocycles. The average molecular weight is 251 g/mol. The van der Waals surface area contributed by atoms with Gasteiger partial charge in [0.05, 0.1) is 12.1 Å². The van der Waals surface area contributed by atoms with Crippen molar-refractivity contribution in [2.45, 2.75) is 51.0 Å². The van der Waals surface area contributed by atoms with E-state index in [2.05, 4.69) is 4.90 Å². The van der Waals surface area contributed by atoms with Crippen molar-refractivity contribution in [1.82, 2.24) is 4.90 Å². The van der Waals surface area contributed by atoms with Crippen molar-refractivity contribution >= 4 is 11.8 Å². The van der Waals surface area contributed by atoms with Crippen molar-refractivity contribution in [1.29, 1.82) is 0 Å². The van der Waals surface area contributed by atoms with Gasteiger partial charge in [-0.05, 0) is 52.0 Å². The number of piperidine rings is 1. The lowest BCUT2D eigenvalue weighted by atomic mass is 9.60. The quantitative estimate of drug-likeness (QED) is 0.551. The van der Waals surface area contributed by atoms with Gasteiger partial charge in [-0.15, -0.1) is 0 Å². The van der Waals surface area contributed by atoms with Gasteiger partial charge in [0.2, 0.25) is 0 Å². The first-order chi connectivity index (χ1) is 8.66. The Labute approximate surface area is 108 Å². The molecule has 3 aliphatic rings. The Morgan fingerprint density at radius 2 is 2.00 bits per heavy atom. The number of nitrogens with zero attached hydrogens (tertiary/aromatic N) is 1. The van der Waals surface area contributed by atoms with Gasteiger partial charge in [-0.25, -0.2) is 0 Å². The van der Waals surface area contributed by atoms with Gasteiger partial charge in [0.25, 0.3) is 0 Å². The molecule has 3 fully saturated rings. The molecule has 4 heteroatoms. The third-order valence-electron chi connectivity index (χ3n) is 5.15. The van der Waals surface area contributed by atoms with Gasteiger partial charge in [0, 0.05) is 6.54 Å². The van der Waals surface area contributed by atoms with E-state index in [4.69, 9.17) is 4.74 Å². The second kappa shape index (κ2) is 4.05. The standard InChI is InChI=1S/C14H21NO3/c1-2-18-12(17)13-5-3-6-14(11(13)16)7-4-9-15(14)10-8-13/h2-10H2,1H3/t13-,14-/m0/s1. The number of Topliss-reactive ketones (excluding diaryl/α,β-unsaturated/α-hetero) is 1. The van der Waals surface area contributed by atoms with E-state index >= 15 is 0 Å². The van der Waals surface area contributed by atoms with E-state index in [1.807, 2.05) is 6.92 Å². The first-order valence-corrected chi connectivity index (χ1v) is 7.13. The van der Waals surface area contributed by atoms with E-state index in [0.717, 1.165) is 38.8 Å². The Kier molecular flexibility index (Phi) is 2.73. The SMILES string of the molecule is CCOC(=O)[C@@]12CCC[C@]3(CCCN3CC1)C2=O. The lowest BCUT2D eigenvalue weighted by Crippen LogP contribution is -2.66. The zero-order valence-electron chi connectivity index (χ0n) is 11.0. The van der Waals surface area contributed by atoms with Crippen LogP contribution in [-0.2, 0) is 14.3 Å². The molecule has 0 aromatic rings. The number of ketones is 1. The maximum atomic E-state index is 12.9. The van der Waals surface area contributed by atoms with Crippen LogP contribution >= 0.6 is 0 Å². The number of esters is 1. The van der Waals surface area contributed by atoms with Gasteiger partial charge in [0.1, 0.15) is 5.41 Å². The van der Waals surface area contributed by atoms with Gasteiger partial charge >= 0.3 is 5.97 Å². The maximum Gasteiger partial charge on any atom is 0.319 e. The van der Waals surface area contributed by atoms with Crippen LogP contribution in [0.5, 0.6) is 0 Å². The number of rotatable bonds is 2. The van der Waals surface area contributed by atoms with E-state index in [1.54, 1.807) is 0 Å². The summed E-state index contributed by atoms with van der Waals surface area (Å²) < 4.78 is 5.20. The minimum Gasteiger partial charge on any atom is -0.465 e. The molecule has 0 amide bonds. The van der Waals surface area contributed by atoms with Crippen molar-refractivity contribution in [3.05, 3.63) is 0 Å². The topological polar surface area (TPSA) is 46.6 Å². The molecule has 0 unspecified atom stereocenters. The predicted molar refractivity (Wildman–Crippen MR) is 66.1 cm³/mol. The normalized spacial score (nSPS) is 39.5. The third kappa shape index (κ3) is 1.35. The third-order valence-corrected chi connectivity index (χ3v) is 5.15. The Balaban J connectivity index is 1.97. The summed E-state index contributed by atoms with van der Waals surface area (Å²) in [5.41, 5.74) is -1.13. The highest BCUT2D eigenvalue weighted by Crippen LogP contribution is 2.52. The van der Waals surface area contributed by atoms with Gasteiger partial charge in [-0.3, -0.25) is 14.5 Å². The smallest absolute Gasteiger partial charge is 0.319 e. The molecule has 100 valence electrons. The monoisotopic (exact) mass is 251 g/mol. The van der Waals surface area contributed by atoms with Crippen LogP contribution in [0, 0.1) is 5.41 Å². The van der Waals surface area contributed by atoms with E-state index in [0.29, 0.717) is 19.4 Å². The number of carbonyl (C=O) groups excluding carboxylic acids is 2. The molecule has 2 aliphatic heterocycles. The summed E-state index contributed by atoms with van der Waals surface area (Å²) in [6.45, 7) is 4.07. The number of hydrogen-bond donors (Lipinski definition) is 0. The van der Waals surface area contributed by atoms with Gasteiger partial charge in [-0.1, -0.05) is 0 Å². The first kappa shape index (κ1) is 12.2. The molecule has 0 radical (unpaired) electrons. The highest BCUT2D eigenvalue weighted by Gasteiger charge is 2.63. The van der Waals surface area contributed by atoms with Crippen molar-refractivity contribution in [3.63, 3.8) is 0 Å². The zero-order valence-corrected chi connectivity index (χ0v) is 11.0. The molecule has 2 saturated heterocycles. The van der Waals surface area contributed by atoms with E-state index in [9.17, 15) is 9.59 Å². The Morgan fingerprint density at radius 3 is 2.78 bits per heavy atom. The van der Waals surface area contributed by atoms with Crippen LogP contribution in [0.2, 0.25) is 0 Å². The average Bonchev–Trinajstić information content (AvgIpc) is 2.73. The molecule has 1 spiro atoms. The first-order valence-electron chi connectivity index (χ1n) is 7.13. The van der Waals surface area contributed by atoms with Crippen molar-refractivity contribution in [2.75, 3.05) is 19.7 Å². The summed E-state index contributed by atoms with van der Waals surface area (Å²) in [5.74, 6) is -0.0934. The summed E-state index contributed by atoms with van der Waals surface area (Å²) in [7, 11) is 0. The lowest BCUT2D eigenvalue weighted by molar-refractivity contribution is -0.174. The molecule has 2 bridgehead atoms. The highest BCUT2D eigenvalue weighted by atomic mass is 16.5. The van der Waals surface area contributed by atoms with E-state index in [1.165, 1.54) is 0 Å². The largest absolute Gasteiger partial charge is 0.465 e. The number of carbonyl (C=O) groups is 2. The van der Waals surface area contributed by atoms with Gasteiger partial charge < -0.3 is 4.74 Å². The van der Waals surface area contributed by atoms with Crippen LogP contribution < -0.4 is 0 Å². The highest BCUT2D eigenvalue weighted by molar-refractivity contribution is 6.09. The summed E-state index contributed by atoms with van der Waals surface area (Å²) >= 11 is 0. The molecule has 2 atom stereocenters. The van der Waals surface area contributed by atoms with Crippen LogP contribution in [0.4, 0.5) is 0 Å². The molecule has 2 heterocycles. The molecule has 18 heavy (non-hydrogen) atoms. The summed E-state index contributed by atoms with van der Waals surface area (Å²) in [6, 6.07) is 0. The number of hydrogen-bond acceptors (Lipinski definition) is 4. The van der Waals surface area contributed by atoms with Crippen LogP contribution in [0.1, 0.15) is 45.4 Å². The van der Waals surface area contributed by atoms with Crippen LogP contribution in [-0.4, -0.2) is 41.9 Å². The molecule has 0 aromatic heterocycles. The zero-order chi connectivity index (χ0) is 12.8. The minimum atomic E-state index is -0.810. The maximum absolute atomic E-state index is 12.9. The number of ether oxygens (including phenoxy) is 1. The predicted octanol–water partition coefficient (Wildman–Crippen LogP) is 1.53. The van der Waals surface area contributed by atoms with Crippen LogP contribution in [0.15, 0.2) is 0 Å². The van der Waals surface area contributed by atoms with Crippen molar-refractivity contribution < 1.29 is 14.3 Å². The molecular weight excluding hydrogens is 230 g/mol. The van der Waals surface area contributed by atoms with E-state index < -0.39 is 5.41 Å². The van der Waals surface area contributed by atoms with Crippen LogP contribution in [0.3, 0.4) is 0 Å². The van der Waals surface area contributed by atoms with Gasteiger partial charge in [-0.2, -0.15) is 0 Å². The summed E-state index contributed by atoms with van der Waals surface area (Å²) in [4.78, 5) is 27.5. The Morgan fingerprint density at radius 1 is 1.22 bits per heavy atom. The fourth-order valence-corrected chi connectivity index (χ4v) is 4.29. The summed E-state index contributed by atoms with van der Waals surface area (Å²) in [6.07, 6.45) is 5.29. The van der Waals surface area contributed by atoms with Crippen LogP contribution in [0.25, 0.3) is 0 Å². The fraction of sp³-hybridized carbons (Fsp3) is 0.857. The Hall–Kier alpha value is -0.900. The van der Waals surface area contributed by atoms with Gasteiger partial charge in [0.15, 0.2) is 5.78 Å². The molecule has 4 nitrogen and oxygen atoms in total. The molecule has 1 aliphatic carbocycles. The molecule has 0 N–H and O–H groups in total. The lowest BCUT2D eigenvalue weighted by Gasteiger charge is -2.52. The van der Waals surface area contributed by atoms with E-state index in [-0.39, 0.29) is 17.3 Å². The van der Waals surface area contributed by atoms with Crippen molar-refractivity contribution in [2.24, 2.45) is 5.41 Å². The molecular formula is C14H21NO3. The molecule has 1 saturated carbocycles. The summed E-state index contributed by atoms with van der Waals surface area (Å²) in [5, 5.41) is 0. The Bertz CT molecular complexity index is 395. The number of fused-ring (bicyclic) bond motifs is 1. The van der Waals surface area contributed by atoms with Crippen molar-refractivity contribution in [3.8, 4) is 0 Å². The second-order valence-corrected chi connectivity index (χ2v) is 5.86. The second-order valence-electron chi connectivity index (χ2n) is 5.86.